The molecule has 1 aromatic heterocycles. The predicted molar refractivity (Wildman–Crippen MR) is 57.8 cm³/mol. The van der Waals surface area contributed by atoms with Crippen LogP contribution in [0.15, 0.2) is 36.4 Å². The number of nitrogens with zero attached hydrogens (tertiary/aromatic N) is 1. The van der Waals surface area contributed by atoms with Crippen molar-refractivity contribution in [3.8, 4) is 0 Å². The Kier molecular flexibility index (Phi) is 2.00. The van der Waals surface area contributed by atoms with Gasteiger partial charge in [-0.3, -0.25) is 0 Å². The Labute approximate surface area is 85.2 Å². The van der Waals surface area contributed by atoms with Gasteiger partial charge in [-0.25, -0.2) is 0 Å². The van der Waals surface area contributed by atoms with E-state index in [1.165, 1.54) is 14.6 Å². The number of hydrogen-bond donors (Lipinski definition) is 0. The first-order chi connectivity index (χ1) is 5.79. The molecule has 0 aliphatic rings. The molecule has 0 unspecified atom stereocenters. The van der Waals surface area contributed by atoms with Gasteiger partial charge < -0.3 is 0 Å². The lowest BCUT2D eigenvalue weighted by atomic mass is 10.2. The Morgan fingerprint density at radius 2 is 1.83 bits per heavy atom. The highest BCUT2D eigenvalue weighted by Gasteiger charge is 2.06. The Morgan fingerprint density at radius 1 is 1.08 bits per heavy atom. The highest BCUT2D eigenvalue weighted by Crippen LogP contribution is 2.10. The minimum absolute atomic E-state index is 1.26. The zero-order valence-electron chi connectivity index (χ0n) is 6.79. The fraction of sp³-hybridized carbons (Fsp3) is 0.100. The molecule has 12 heavy (non-hydrogen) atoms. The zero-order valence-corrected chi connectivity index (χ0v) is 8.95. The van der Waals surface area contributed by atoms with E-state index in [0.29, 0.717) is 0 Å². The quantitative estimate of drug-likeness (QED) is 0.393. The van der Waals surface area contributed by atoms with E-state index < -0.39 is 0 Å². The van der Waals surface area contributed by atoms with Crippen molar-refractivity contribution in [2.45, 2.75) is 0 Å². The molecule has 0 saturated heterocycles. The molecule has 0 radical (unpaired) electrons. The van der Waals surface area contributed by atoms with Crippen molar-refractivity contribution < 1.29 is 4.57 Å². The second-order valence-corrected chi connectivity index (χ2v) is 3.88. The van der Waals surface area contributed by atoms with Crippen molar-refractivity contribution in [3.63, 3.8) is 0 Å². The van der Waals surface area contributed by atoms with E-state index in [1.54, 1.807) is 0 Å². The SMILES string of the molecule is C[n+]1c(I)ccc2ccccc21. The molecule has 0 amide bonds. The van der Waals surface area contributed by atoms with Crippen molar-refractivity contribution in [2.24, 2.45) is 7.05 Å². The summed E-state index contributed by atoms with van der Waals surface area (Å²) in [4.78, 5) is 0. The Balaban J connectivity index is 2.91. The molecule has 2 aromatic rings. The second kappa shape index (κ2) is 3.01. The zero-order chi connectivity index (χ0) is 8.55. The Morgan fingerprint density at radius 3 is 2.67 bits per heavy atom. The van der Waals surface area contributed by atoms with Crippen LogP contribution in [-0.2, 0) is 7.05 Å². The number of aryl methyl sites for hydroxylation is 1. The minimum Gasteiger partial charge on any atom is -0.190 e. The number of hydrogen-bond acceptors (Lipinski definition) is 0. The van der Waals surface area contributed by atoms with Crippen molar-refractivity contribution in [2.75, 3.05) is 0 Å². The highest BCUT2D eigenvalue weighted by molar-refractivity contribution is 14.1. The van der Waals surface area contributed by atoms with Gasteiger partial charge in [0.25, 0.3) is 0 Å². The predicted octanol–water partition coefficient (Wildman–Crippen LogP) is 2.27. The molecule has 0 atom stereocenters. The van der Waals surface area contributed by atoms with E-state index in [2.05, 4.69) is 70.6 Å². The molecule has 1 heterocycles. The summed E-state index contributed by atoms with van der Waals surface area (Å²) in [5.74, 6) is 0. The molecular weight excluding hydrogens is 261 g/mol. The molecule has 0 aliphatic carbocycles. The number of fused-ring (bicyclic) bond motifs is 1. The number of benzene rings is 1. The van der Waals surface area contributed by atoms with E-state index in [4.69, 9.17) is 0 Å². The summed E-state index contributed by atoms with van der Waals surface area (Å²) in [6, 6.07) is 12.7. The Hall–Kier alpha value is -0.640. The van der Waals surface area contributed by atoms with E-state index in [1.807, 2.05) is 0 Å². The van der Waals surface area contributed by atoms with Gasteiger partial charge >= 0.3 is 0 Å². The summed E-state index contributed by atoms with van der Waals surface area (Å²) >= 11 is 2.34. The lowest BCUT2D eigenvalue weighted by Gasteiger charge is -1.96. The summed E-state index contributed by atoms with van der Waals surface area (Å²) in [6.45, 7) is 0. The minimum atomic E-state index is 1.26. The van der Waals surface area contributed by atoms with Gasteiger partial charge in [0.15, 0.2) is 0 Å². The van der Waals surface area contributed by atoms with Crippen LogP contribution in [0.3, 0.4) is 0 Å². The maximum absolute atomic E-state index is 2.34. The summed E-state index contributed by atoms with van der Waals surface area (Å²) in [5.41, 5.74) is 1.28. The third kappa shape index (κ3) is 1.20. The van der Waals surface area contributed by atoms with Crippen molar-refractivity contribution in [1.82, 2.24) is 0 Å². The van der Waals surface area contributed by atoms with Gasteiger partial charge in [0.05, 0.1) is 0 Å². The van der Waals surface area contributed by atoms with Crippen LogP contribution in [0.1, 0.15) is 0 Å². The third-order valence-corrected chi connectivity index (χ3v) is 3.10. The molecule has 1 nitrogen and oxygen atoms in total. The number of rotatable bonds is 0. The molecular formula is C10H9IN+. The summed E-state index contributed by atoms with van der Waals surface area (Å²) < 4.78 is 3.45. The molecule has 0 saturated carbocycles. The summed E-state index contributed by atoms with van der Waals surface area (Å²) in [6.07, 6.45) is 0. The molecule has 0 N–H and O–H groups in total. The topological polar surface area (TPSA) is 3.88 Å². The molecule has 0 bridgehead atoms. The van der Waals surface area contributed by atoms with Crippen LogP contribution in [0.4, 0.5) is 0 Å². The van der Waals surface area contributed by atoms with Gasteiger partial charge in [-0.05, 0) is 12.1 Å². The smallest absolute Gasteiger partial charge is 0.190 e. The highest BCUT2D eigenvalue weighted by atomic mass is 127. The molecule has 60 valence electrons. The average molecular weight is 270 g/mol. The summed E-state index contributed by atoms with van der Waals surface area (Å²) in [7, 11) is 2.09. The van der Waals surface area contributed by atoms with E-state index in [9.17, 15) is 0 Å². The first kappa shape index (κ1) is 7.98. The third-order valence-electron chi connectivity index (χ3n) is 2.02. The number of para-hydroxylation sites is 1. The van der Waals surface area contributed by atoms with Gasteiger partial charge in [-0.15, -0.1) is 0 Å². The lowest BCUT2D eigenvalue weighted by molar-refractivity contribution is -0.658. The normalized spacial score (nSPS) is 10.5. The van der Waals surface area contributed by atoms with Crippen LogP contribution in [0, 0.1) is 3.70 Å². The van der Waals surface area contributed by atoms with Crippen molar-refractivity contribution >= 4 is 33.5 Å². The fourth-order valence-electron chi connectivity index (χ4n) is 1.32. The maximum Gasteiger partial charge on any atom is 0.241 e. The standard InChI is InChI=1S/C10H9IN/c1-12-9-5-3-2-4-8(9)6-7-10(12)11/h2-7H,1H3/q+1. The molecule has 2 heteroatoms. The fourth-order valence-corrected chi connectivity index (χ4v) is 1.76. The molecule has 0 spiro atoms. The molecule has 1 aromatic carbocycles. The van der Waals surface area contributed by atoms with Crippen LogP contribution in [-0.4, -0.2) is 0 Å². The molecule has 2 rings (SSSR count). The van der Waals surface area contributed by atoms with Crippen LogP contribution < -0.4 is 4.57 Å². The van der Waals surface area contributed by atoms with Gasteiger partial charge in [0.2, 0.25) is 9.22 Å². The average Bonchev–Trinajstić information content (AvgIpc) is 2.12. The van der Waals surface area contributed by atoms with Crippen LogP contribution in [0.25, 0.3) is 10.9 Å². The first-order valence-corrected chi connectivity index (χ1v) is 4.90. The molecule has 0 aliphatic heterocycles. The van der Waals surface area contributed by atoms with Gasteiger partial charge in [0.1, 0.15) is 7.05 Å². The monoisotopic (exact) mass is 270 g/mol. The van der Waals surface area contributed by atoms with E-state index in [0.717, 1.165) is 0 Å². The van der Waals surface area contributed by atoms with Crippen molar-refractivity contribution in [3.05, 3.63) is 40.1 Å². The lowest BCUT2D eigenvalue weighted by Crippen LogP contribution is -2.32. The van der Waals surface area contributed by atoms with Crippen LogP contribution in [0.2, 0.25) is 0 Å². The number of pyridine rings is 1. The van der Waals surface area contributed by atoms with Gasteiger partial charge in [0, 0.05) is 40.1 Å². The van der Waals surface area contributed by atoms with E-state index in [-0.39, 0.29) is 0 Å². The van der Waals surface area contributed by atoms with Gasteiger partial charge in [-0.1, -0.05) is 12.1 Å². The largest absolute Gasteiger partial charge is 0.241 e. The van der Waals surface area contributed by atoms with Gasteiger partial charge in [-0.2, -0.15) is 4.57 Å². The van der Waals surface area contributed by atoms with Crippen molar-refractivity contribution in [1.29, 1.82) is 0 Å². The summed E-state index contributed by atoms with van der Waals surface area (Å²) in [5, 5.41) is 1.29. The van der Waals surface area contributed by atoms with E-state index >= 15 is 0 Å². The second-order valence-electron chi connectivity index (χ2n) is 2.77. The Bertz CT molecular complexity index is 423. The number of aromatic nitrogens is 1. The first-order valence-electron chi connectivity index (χ1n) is 3.82. The van der Waals surface area contributed by atoms with Crippen LogP contribution in [0.5, 0.6) is 0 Å². The number of halogens is 1. The molecule has 0 fully saturated rings. The maximum atomic E-state index is 2.34. The van der Waals surface area contributed by atoms with Crippen LogP contribution >= 0.6 is 22.6 Å².